The van der Waals surface area contributed by atoms with Crippen LogP contribution in [0.2, 0.25) is 0 Å². The Morgan fingerprint density at radius 1 is 0.315 bits per heavy atom. The van der Waals surface area contributed by atoms with Gasteiger partial charge in [-0.2, -0.15) is 0 Å². The number of hydrogen-bond acceptors (Lipinski definition) is 18. The predicted molar refractivity (Wildman–Crippen MR) is 357 cm³/mol. The molecule has 8 bridgehead atoms. The van der Waals surface area contributed by atoms with Crippen molar-refractivity contribution in [1.82, 2.24) is 39.9 Å². The van der Waals surface area contributed by atoms with E-state index >= 15 is 0 Å². The van der Waals surface area contributed by atoms with E-state index in [9.17, 15) is 40.5 Å². The van der Waals surface area contributed by atoms with E-state index in [2.05, 4.69) is 27.7 Å². The number of thioether (sulfide) groups is 4. The van der Waals surface area contributed by atoms with Crippen LogP contribution in [0.1, 0.15) is 182 Å². The number of aromatic nitrogens is 8. The summed E-state index contributed by atoms with van der Waals surface area (Å²) < 4.78 is 0. The van der Waals surface area contributed by atoms with E-state index in [0.717, 1.165) is 154 Å². The zero-order chi connectivity index (χ0) is 62.1. The van der Waals surface area contributed by atoms with Gasteiger partial charge in [0, 0.05) is 79.9 Å². The third-order valence-corrected chi connectivity index (χ3v) is 20.3. The molecule has 0 N–H and O–H groups in total. The van der Waals surface area contributed by atoms with Crippen LogP contribution in [0.15, 0.2) is 68.1 Å². The molecule has 4 aromatic carbocycles. The Labute approximate surface area is 545 Å². The summed E-state index contributed by atoms with van der Waals surface area (Å²) in [5, 5.41) is 53.6. The molecule has 0 aliphatic carbocycles. The van der Waals surface area contributed by atoms with Gasteiger partial charge in [-0.05, 0) is 83.7 Å². The van der Waals surface area contributed by atoms with Gasteiger partial charge >= 0.3 is 17.1 Å². The Morgan fingerprint density at radius 3 is 0.854 bits per heavy atom. The summed E-state index contributed by atoms with van der Waals surface area (Å²) >= 11 is 5.48. The molecule has 0 fully saturated rings. The van der Waals surface area contributed by atoms with E-state index in [1.807, 2.05) is 0 Å². The maximum Gasteiger partial charge on any atom is 2.00 e. The van der Waals surface area contributed by atoms with Crippen molar-refractivity contribution in [1.29, 1.82) is 0 Å². The first-order valence-electron chi connectivity index (χ1n) is 31.4. The van der Waals surface area contributed by atoms with Gasteiger partial charge in [0.2, 0.25) is 0 Å². The average Bonchev–Trinajstić information content (AvgIpc) is 2.00. The van der Waals surface area contributed by atoms with Gasteiger partial charge in [0.1, 0.15) is 0 Å². The molecule has 0 amide bonds. The number of unbranched alkanes of at least 4 members (excludes halogenated alkanes) is 20. The third-order valence-electron chi connectivity index (χ3n) is 15.8. The third kappa shape index (κ3) is 17.2. The predicted octanol–water partition coefficient (Wildman–Crippen LogP) is 19.6. The molecule has 1 radical (unpaired) electrons. The fourth-order valence-corrected chi connectivity index (χ4v) is 15.2. The number of rotatable bonds is 36. The van der Waals surface area contributed by atoms with Gasteiger partial charge in [0.25, 0.3) is 22.7 Å². The molecule has 0 spiro atoms. The Balaban J connectivity index is 0.0000102. The van der Waals surface area contributed by atoms with Crippen molar-refractivity contribution >= 4 is 114 Å². The molecule has 475 valence electrons. The zero-order valence-electron chi connectivity index (χ0n) is 51.0. The van der Waals surface area contributed by atoms with Gasteiger partial charge in [-0.15, -0.1) is 47.0 Å². The van der Waals surface area contributed by atoms with Crippen molar-refractivity contribution in [3.63, 3.8) is 0 Å². The van der Waals surface area contributed by atoms with Crippen LogP contribution in [0.4, 0.5) is 22.7 Å². The first-order valence-corrected chi connectivity index (χ1v) is 35.3. The van der Waals surface area contributed by atoms with Gasteiger partial charge in [0.15, 0.2) is 11.6 Å². The van der Waals surface area contributed by atoms with Crippen molar-refractivity contribution in [2.75, 3.05) is 23.0 Å². The molecular weight excluding hydrogens is 1260 g/mol. The van der Waals surface area contributed by atoms with Crippen molar-refractivity contribution in [2.24, 2.45) is 0 Å². The molecule has 2 aliphatic rings. The molecule has 2 aliphatic heterocycles. The van der Waals surface area contributed by atoms with Crippen LogP contribution in [-0.2, 0) is 17.1 Å². The molecule has 89 heavy (non-hydrogen) atoms. The van der Waals surface area contributed by atoms with Crippen LogP contribution in [0, 0.1) is 40.5 Å². The Bertz CT molecular complexity index is 3870. The normalized spacial score (nSPS) is 11.7. The minimum absolute atomic E-state index is 0. The summed E-state index contributed by atoms with van der Waals surface area (Å²) in [6, 6.07) is 12.5. The number of hydrogen-bond donors (Lipinski definition) is 0. The second-order valence-corrected chi connectivity index (χ2v) is 27.0. The summed E-state index contributed by atoms with van der Waals surface area (Å²) in [6.45, 7) is 8.65. The zero-order valence-corrected chi connectivity index (χ0v) is 55.2. The van der Waals surface area contributed by atoms with Crippen LogP contribution >= 0.6 is 47.0 Å². The molecule has 5 heterocycles. The number of fused-ring (bicyclic) bond motifs is 20. The van der Waals surface area contributed by atoms with Gasteiger partial charge in [-0.3, -0.25) is 40.5 Å². The van der Waals surface area contributed by atoms with E-state index in [4.69, 9.17) is 39.9 Å². The first kappa shape index (κ1) is 68.7. The van der Waals surface area contributed by atoms with Crippen LogP contribution in [0.3, 0.4) is 0 Å². The fourth-order valence-electron chi connectivity index (χ4n) is 11.0. The minimum atomic E-state index is -0.425. The molecule has 7 aromatic rings. The molecule has 0 saturated heterocycles. The van der Waals surface area contributed by atoms with Crippen molar-refractivity contribution in [3.05, 3.63) is 89.0 Å². The molecule has 0 unspecified atom stereocenters. The second-order valence-electron chi connectivity index (χ2n) is 22.4. The molecule has 3 aromatic heterocycles. The molecule has 25 heteroatoms. The van der Waals surface area contributed by atoms with E-state index in [1.165, 1.54) is 71.3 Å². The number of nitrogens with zero attached hydrogens (tertiary/aromatic N) is 12. The second kappa shape index (κ2) is 33.7. The molecule has 0 atom stereocenters. The standard InChI is InChI=1S/C64H76N12O8S4.Cu/c1-5-9-13-17-21-25-29-85-53-37-45-41(33-49(53)73(77)78)57-65-61(45)69-58-42-34-50(74(79)80)54(86-30-26-22-18-14-10-6-2)38-46(42)63(66-58)71-60-44-36-52(76(83)84)56(88-32-28-24-20-16-12-8-4)40-48(44)64(68-60)72-59-43-35-51(75(81)82)55(39-47(43)62(67-59)70-57)87-31-27-23-19-15-11-7-3;/h33-40H,5-32H2,1-4H3;/q-2;+2. The van der Waals surface area contributed by atoms with Gasteiger partial charge in [-0.25, -0.2) is 15.0 Å². The van der Waals surface area contributed by atoms with Crippen molar-refractivity contribution in [3.8, 4) is 45.6 Å². The summed E-state index contributed by atoms with van der Waals surface area (Å²) in [7, 11) is 0. The molecule has 20 nitrogen and oxygen atoms in total. The van der Waals surface area contributed by atoms with Gasteiger partial charge in [0.05, 0.1) is 50.9 Å². The topological polar surface area (TPSA) is 278 Å². The number of nitro benzene ring substituents is 4. The average molecular weight is 1330 g/mol. The Kier molecular flexibility index (Phi) is 26.0. The minimum Gasteiger partial charge on any atom is -0.357 e. The van der Waals surface area contributed by atoms with Crippen LogP contribution in [0.25, 0.3) is 89.7 Å². The monoisotopic (exact) mass is 1330 g/mol. The Morgan fingerprint density at radius 2 is 0.551 bits per heavy atom. The first-order chi connectivity index (χ1) is 42.8. The van der Waals surface area contributed by atoms with Crippen LogP contribution in [0.5, 0.6) is 0 Å². The maximum atomic E-state index is 13.1. The van der Waals surface area contributed by atoms with E-state index in [-0.39, 0.29) is 108 Å². The van der Waals surface area contributed by atoms with Crippen LogP contribution < -0.4 is 9.97 Å². The van der Waals surface area contributed by atoms with Crippen molar-refractivity contribution < 1.29 is 36.8 Å². The fraction of sp³-hybridized carbons (Fsp3) is 0.500. The molecule has 0 saturated carbocycles. The van der Waals surface area contributed by atoms with Gasteiger partial charge < -0.3 is 24.9 Å². The van der Waals surface area contributed by atoms with E-state index in [0.29, 0.717) is 64.5 Å². The summed E-state index contributed by atoms with van der Waals surface area (Å²) in [6.07, 6.45) is 25.1. The van der Waals surface area contributed by atoms with Crippen molar-refractivity contribution in [2.45, 2.75) is 201 Å². The largest absolute Gasteiger partial charge is 2.00 e. The summed E-state index contributed by atoms with van der Waals surface area (Å²) in [5.74, 6) is 2.65. The smallest absolute Gasteiger partial charge is 0.357 e. The SMILES string of the molecule is CCCCCCCCSc1cc2c(cc1[N+](=O)[O-])-c1nc3nc(nc4[n-]c(nc5[n-]c(nc-2n1)c1cc([N+](=O)[O-])c(SCCCCCCCC)cc51)c1cc([N+](=O)[O-])c(SCCCCCCCC)cc41)-c1cc([N+](=O)[O-])c(SCCCCCCCC)cc1-3.[Cu+2]. The van der Waals surface area contributed by atoms with E-state index in [1.54, 1.807) is 24.3 Å². The molecule has 9 rings (SSSR count). The maximum absolute atomic E-state index is 13.1. The number of nitro groups is 4. The summed E-state index contributed by atoms with van der Waals surface area (Å²) in [5.41, 5.74) is 0.885. The Hall–Kier alpha value is -6.24. The van der Waals surface area contributed by atoms with E-state index < -0.39 is 19.7 Å². The number of benzene rings is 4. The summed E-state index contributed by atoms with van der Waals surface area (Å²) in [4.78, 5) is 92.5. The van der Waals surface area contributed by atoms with Crippen LogP contribution in [-0.4, -0.2) is 72.6 Å². The molecular formula is C64H76CuN12O8S4. The quantitative estimate of drug-likeness (QED) is 0.0116. The van der Waals surface area contributed by atoms with Gasteiger partial charge in [-0.1, -0.05) is 156 Å².